The van der Waals surface area contributed by atoms with Crippen molar-refractivity contribution in [3.05, 3.63) is 89.7 Å². The predicted octanol–water partition coefficient (Wildman–Crippen LogP) is 4.61. The van der Waals surface area contributed by atoms with Crippen molar-refractivity contribution in [3.63, 3.8) is 0 Å². The molecule has 4 rings (SSSR count). The smallest absolute Gasteiger partial charge is 0.262 e. The van der Waals surface area contributed by atoms with Gasteiger partial charge in [0.15, 0.2) is 0 Å². The third-order valence-corrected chi connectivity index (χ3v) is 4.44. The number of carbonyl (C=O) groups excluding carboxylic acids is 1. The Morgan fingerprint density at radius 2 is 1.77 bits per heavy atom. The first kappa shape index (κ1) is 16.1. The van der Waals surface area contributed by atoms with E-state index in [0.29, 0.717) is 17.0 Å². The number of ether oxygens (including phenoxy) is 1. The van der Waals surface area contributed by atoms with Crippen LogP contribution in [-0.4, -0.2) is 13.0 Å². The van der Waals surface area contributed by atoms with E-state index in [2.05, 4.69) is 5.32 Å². The minimum Gasteiger partial charge on any atom is -0.497 e. The van der Waals surface area contributed by atoms with Crippen molar-refractivity contribution in [1.82, 2.24) is 0 Å². The van der Waals surface area contributed by atoms with Crippen molar-refractivity contribution >= 4 is 17.3 Å². The zero-order valence-corrected chi connectivity index (χ0v) is 14.1. The first-order valence-electron chi connectivity index (χ1n) is 8.26. The summed E-state index contributed by atoms with van der Waals surface area (Å²) in [6.45, 7) is 0. The Balaban J connectivity index is 1.85. The molecule has 0 aromatic heterocycles. The van der Waals surface area contributed by atoms with E-state index < -0.39 is 6.17 Å². The van der Waals surface area contributed by atoms with Gasteiger partial charge in [0.1, 0.15) is 17.7 Å². The highest BCUT2D eigenvalue weighted by Gasteiger charge is 2.34. The summed E-state index contributed by atoms with van der Waals surface area (Å²) in [7, 11) is 1.60. The molecule has 1 atom stereocenters. The van der Waals surface area contributed by atoms with Gasteiger partial charge in [0.05, 0.1) is 12.7 Å². The number of nitrogens with one attached hydrogen (secondary N) is 1. The van der Waals surface area contributed by atoms with Crippen LogP contribution in [0.25, 0.3) is 0 Å². The molecule has 3 aromatic rings. The quantitative estimate of drug-likeness (QED) is 0.752. The molecule has 0 saturated heterocycles. The number of fused-ring (bicyclic) bond motifs is 1. The molecular formula is C21H17FN2O2. The molecule has 0 spiro atoms. The fourth-order valence-electron chi connectivity index (χ4n) is 3.17. The lowest BCUT2D eigenvalue weighted by atomic mass is 10.0. The van der Waals surface area contributed by atoms with Gasteiger partial charge in [-0.15, -0.1) is 0 Å². The van der Waals surface area contributed by atoms with Gasteiger partial charge >= 0.3 is 0 Å². The Morgan fingerprint density at radius 3 is 2.54 bits per heavy atom. The van der Waals surface area contributed by atoms with Crippen LogP contribution in [0.15, 0.2) is 72.8 Å². The lowest BCUT2D eigenvalue weighted by Gasteiger charge is -2.38. The van der Waals surface area contributed by atoms with Crippen LogP contribution in [0.4, 0.5) is 15.8 Å². The summed E-state index contributed by atoms with van der Waals surface area (Å²) in [5, 5.41) is 3.41. The van der Waals surface area contributed by atoms with Crippen LogP contribution in [0.3, 0.4) is 0 Å². The van der Waals surface area contributed by atoms with Gasteiger partial charge in [-0.25, -0.2) is 4.39 Å². The average Bonchev–Trinajstić information content (AvgIpc) is 2.69. The Kier molecular flexibility index (Phi) is 4.05. The Hall–Kier alpha value is -3.34. The number of methoxy groups -OCH3 is 1. The molecular weight excluding hydrogens is 331 g/mol. The second-order valence-corrected chi connectivity index (χ2v) is 6.02. The summed E-state index contributed by atoms with van der Waals surface area (Å²) in [6.07, 6.45) is -0.432. The van der Waals surface area contributed by atoms with Gasteiger partial charge < -0.3 is 10.1 Å². The van der Waals surface area contributed by atoms with Gasteiger partial charge in [-0.1, -0.05) is 24.3 Å². The van der Waals surface area contributed by atoms with Crippen molar-refractivity contribution in [2.75, 3.05) is 17.3 Å². The number of benzene rings is 3. The second-order valence-electron chi connectivity index (χ2n) is 6.02. The van der Waals surface area contributed by atoms with Gasteiger partial charge in [0.25, 0.3) is 5.91 Å². The highest BCUT2D eigenvalue weighted by Crippen LogP contribution is 2.37. The first-order valence-corrected chi connectivity index (χ1v) is 8.26. The van der Waals surface area contributed by atoms with Gasteiger partial charge in [0, 0.05) is 11.4 Å². The number of hydrogen-bond acceptors (Lipinski definition) is 3. The first-order chi connectivity index (χ1) is 12.7. The van der Waals surface area contributed by atoms with Gasteiger partial charge in [0.2, 0.25) is 0 Å². The van der Waals surface area contributed by atoms with Crippen molar-refractivity contribution in [1.29, 1.82) is 0 Å². The molecule has 5 heteroatoms. The van der Waals surface area contributed by atoms with Crippen molar-refractivity contribution < 1.29 is 13.9 Å². The van der Waals surface area contributed by atoms with E-state index in [0.717, 1.165) is 11.3 Å². The Bertz CT molecular complexity index is 956. The molecule has 1 heterocycles. The molecule has 1 aliphatic rings. The van der Waals surface area contributed by atoms with E-state index in [1.807, 2.05) is 42.5 Å². The maximum absolute atomic E-state index is 13.4. The van der Waals surface area contributed by atoms with E-state index in [4.69, 9.17) is 4.74 Å². The lowest BCUT2D eigenvalue weighted by molar-refractivity contribution is 0.0975. The molecule has 4 nitrogen and oxygen atoms in total. The third-order valence-electron chi connectivity index (χ3n) is 4.44. The fraction of sp³-hybridized carbons (Fsp3) is 0.0952. The van der Waals surface area contributed by atoms with Crippen LogP contribution in [0.5, 0.6) is 5.75 Å². The molecule has 0 fully saturated rings. The molecule has 26 heavy (non-hydrogen) atoms. The summed E-state index contributed by atoms with van der Waals surface area (Å²) < 4.78 is 18.7. The molecule has 0 saturated carbocycles. The number of anilines is 2. The van der Waals surface area contributed by atoms with E-state index in [1.165, 1.54) is 12.1 Å². The summed E-state index contributed by atoms with van der Waals surface area (Å²) >= 11 is 0. The third kappa shape index (κ3) is 2.77. The molecule has 0 aliphatic carbocycles. The van der Waals surface area contributed by atoms with Gasteiger partial charge in [-0.2, -0.15) is 0 Å². The van der Waals surface area contributed by atoms with Crippen LogP contribution in [0.2, 0.25) is 0 Å². The Morgan fingerprint density at radius 1 is 1.00 bits per heavy atom. The van der Waals surface area contributed by atoms with E-state index in [9.17, 15) is 9.18 Å². The SMILES string of the molecule is COc1cccc(C2Nc3ccccc3C(=O)N2c2ccc(F)cc2)c1. The molecule has 0 bridgehead atoms. The second kappa shape index (κ2) is 6.52. The maximum atomic E-state index is 13.4. The molecule has 1 unspecified atom stereocenters. The monoisotopic (exact) mass is 348 g/mol. The molecule has 1 amide bonds. The molecule has 1 aliphatic heterocycles. The number of para-hydroxylation sites is 1. The summed E-state index contributed by atoms with van der Waals surface area (Å²) in [4.78, 5) is 14.8. The zero-order valence-electron chi connectivity index (χ0n) is 14.1. The largest absolute Gasteiger partial charge is 0.497 e. The number of nitrogens with zero attached hydrogens (tertiary/aromatic N) is 1. The number of carbonyl (C=O) groups is 1. The standard InChI is InChI=1S/C21H17FN2O2/c1-26-17-6-4-5-14(13-17)20-23-19-8-3-2-7-18(19)21(25)24(20)16-11-9-15(22)10-12-16/h2-13,20,23H,1H3. The zero-order chi connectivity index (χ0) is 18.1. The van der Waals surface area contributed by atoms with Crippen molar-refractivity contribution in [2.45, 2.75) is 6.17 Å². The number of amides is 1. The Labute approximate surface area is 150 Å². The molecule has 130 valence electrons. The lowest BCUT2D eigenvalue weighted by Crippen LogP contribution is -2.43. The molecule has 1 N–H and O–H groups in total. The minimum absolute atomic E-state index is 0.140. The maximum Gasteiger partial charge on any atom is 0.262 e. The topological polar surface area (TPSA) is 41.6 Å². The van der Waals surface area contributed by atoms with Gasteiger partial charge in [-0.3, -0.25) is 9.69 Å². The van der Waals surface area contributed by atoms with Crippen LogP contribution < -0.4 is 15.0 Å². The average molecular weight is 348 g/mol. The van der Waals surface area contributed by atoms with Gasteiger partial charge in [-0.05, 0) is 54.1 Å². The van der Waals surface area contributed by atoms with Crippen molar-refractivity contribution in [3.8, 4) is 5.75 Å². The van der Waals surface area contributed by atoms with E-state index >= 15 is 0 Å². The number of halogens is 1. The van der Waals surface area contributed by atoms with E-state index in [-0.39, 0.29) is 11.7 Å². The van der Waals surface area contributed by atoms with E-state index in [1.54, 1.807) is 30.2 Å². The fourth-order valence-corrected chi connectivity index (χ4v) is 3.17. The van der Waals surface area contributed by atoms with Crippen LogP contribution in [0.1, 0.15) is 22.1 Å². The minimum atomic E-state index is -0.432. The van der Waals surface area contributed by atoms with Crippen LogP contribution in [0, 0.1) is 5.82 Å². The normalized spacial score (nSPS) is 16.0. The predicted molar refractivity (Wildman–Crippen MR) is 99.0 cm³/mol. The molecule has 3 aromatic carbocycles. The number of rotatable bonds is 3. The number of hydrogen-bond donors (Lipinski definition) is 1. The highest BCUT2D eigenvalue weighted by atomic mass is 19.1. The summed E-state index contributed by atoms with van der Waals surface area (Å²) in [6, 6.07) is 20.8. The van der Waals surface area contributed by atoms with Crippen LogP contribution in [-0.2, 0) is 0 Å². The van der Waals surface area contributed by atoms with Crippen molar-refractivity contribution in [2.24, 2.45) is 0 Å². The molecule has 0 radical (unpaired) electrons. The summed E-state index contributed by atoms with van der Waals surface area (Å²) in [5.41, 5.74) is 2.84. The van der Waals surface area contributed by atoms with Crippen LogP contribution >= 0.6 is 0 Å². The highest BCUT2D eigenvalue weighted by molar-refractivity contribution is 6.12. The summed E-state index contributed by atoms with van der Waals surface area (Å²) in [5.74, 6) is 0.220.